The third kappa shape index (κ3) is 3.91. The number of aliphatic hydroxyl groups is 1. The summed E-state index contributed by atoms with van der Waals surface area (Å²) in [5.41, 5.74) is 0.765. The Hall–Kier alpha value is -1.26. The van der Waals surface area contributed by atoms with Crippen LogP contribution < -0.4 is 14.8 Å². The van der Waals surface area contributed by atoms with Crippen LogP contribution in [0.3, 0.4) is 0 Å². The van der Waals surface area contributed by atoms with Gasteiger partial charge in [-0.25, -0.2) is 0 Å². The van der Waals surface area contributed by atoms with Crippen molar-refractivity contribution in [2.75, 3.05) is 20.8 Å². The van der Waals surface area contributed by atoms with Crippen LogP contribution in [0.2, 0.25) is 0 Å². The molecule has 2 N–H and O–H groups in total. The van der Waals surface area contributed by atoms with E-state index < -0.39 is 6.10 Å². The number of rotatable bonds is 6. The van der Waals surface area contributed by atoms with Crippen molar-refractivity contribution < 1.29 is 14.6 Å². The van der Waals surface area contributed by atoms with E-state index in [1.54, 1.807) is 20.3 Å². The van der Waals surface area contributed by atoms with Gasteiger partial charge in [0.05, 0.1) is 20.3 Å². The summed E-state index contributed by atoms with van der Waals surface area (Å²) in [7, 11) is 3.19. The van der Waals surface area contributed by atoms with E-state index in [4.69, 9.17) is 9.47 Å². The van der Waals surface area contributed by atoms with Gasteiger partial charge in [0, 0.05) is 24.2 Å². The quantitative estimate of drug-likeness (QED) is 0.794. The number of hydrogen-bond donors (Lipinski definition) is 2. The van der Waals surface area contributed by atoms with Crippen LogP contribution in [0.1, 0.15) is 25.5 Å². The number of ether oxygens (including phenoxy) is 2. The second kappa shape index (κ2) is 6.47. The Morgan fingerprint density at radius 1 is 1.24 bits per heavy atom. The third-order valence-electron chi connectivity index (χ3n) is 2.52. The molecule has 0 radical (unpaired) electrons. The molecule has 17 heavy (non-hydrogen) atoms. The lowest BCUT2D eigenvalue weighted by Crippen LogP contribution is -2.28. The van der Waals surface area contributed by atoms with Gasteiger partial charge in [0.1, 0.15) is 11.5 Å². The zero-order valence-electron chi connectivity index (χ0n) is 10.9. The molecule has 0 spiro atoms. The molecule has 4 heteroatoms. The number of nitrogens with one attached hydrogen (secondary N) is 1. The minimum atomic E-state index is -0.585. The Labute approximate surface area is 103 Å². The van der Waals surface area contributed by atoms with Gasteiger partial charge in [-0.05, 0) is 12.1 Å². The molecule has 0 aliphatic heterocycles. The summed E-state index contributed by atoms with van der Waals surface area (Å²) >= 11 is 0. The van der Waals surface area contributed by atoms with Crippen LogP contribution in [-0.2, 0) is 0 Å². The summed E-state index contributed by atoms with van der Waals surface area (Å²) in [6, 6.07) is 5.75. The fourth-order valence-electron chi connectivity index (χ4n) is 1.55. The first kappa shape index (κ1) is 13.8. The highest BCUT2D eigenvalue weighted by atomic mass is 16.5. The summed E-state index contributed by atoms with van der Waals surface area (Å²) in [5.74, 6) is 1.36. The number of aliphatic hydroxyl groups excluding tert-OH is 1. The Balaban J connectivity index is 2.81. The van der Waals surface area contributed by atoms with Crippen molar-refractivity contribution >= 4 is 0 Å². The SMILES string of the molecule is COc1ccc(C(O)CNC(C)C)c(OC)c1. The van der Waals surface area contributed by atoms with Gasteiger partial charge in [-0.2, -0.15) is 0 Å². The molecule has 1 atom stereocenters. The van der Waals surface area contributed by atoms with Crippen LogP contribution in [-0.4, -0.2) is 31.9 Å². The molecule has 4 nitrogen and oxygen atoms in total. The molecule has 0 saturated heterocycles. The molecule has 0 aliphatic carbocycles. The average molecular weight is 239 g/mol. The first-order chi connectivity index (χ1) is 8.08. The van der Waals surface area contributed by atoms with E-state index in [-0.39, 0.29) is 0 Å². The zero-order valence-corrected chi connectivity index (χ0v) is 10.9. The van der Waals surface area contributed by atoms with Crippen LogP contribution in [0.25, 0.3) is 0 Å². The van der Waals surface area contributed by atoms with Crippen LogP contribution >= 0.6 is 0 Å². The van der Waals surface area contributed by atoms with Gasteiger partial charge < -0.3 is 19.9 Å². The molecule has 0 aromatic heterocycles. The number of benzene rings is 1. The first-order valence-electron chi connectivity index (χ1n) is 5.71. The van der Waals surface area contributed by atoms with Crippen LogP contribution in [0.4, 0.5) is 0 Å². The maximum absolute atomic E-state index is 10.1. The molecule has 96 valence electrons. The molecular weight excluding hydrogens is 218 g/mol. The second-order valence-electron chi connectivity index (χ2n) is 4.19. The maximum atomic E-state index is 10.1. The molecule has 0 heterocycles. The van der Waals surface area contributed by atoms with Crippen molar-refractivity contribution in [2.24, 2.45) is 0 Å². The van der Waals surface area contributed by atoms with Gasteiger partial charge >= 0.3 is 0 Å². The van der Waals surface area contributed by atoms with Gasteiger partial charge in [-0.15, -0.1) is 0 Å². The van der Waals surface area contributed by atoms with Crippen molar-refractivity contribution in [1.82, 2.24) is 5.32 Å². The van der Waals surface area contributed by atoms with Gasteiger partial charge in [0.25, 0.3) is 0 Å². The van der Waals surface area contributed by atoms with Gasteiger partial charge in [0.15, 0.2) is 0 Å². The monoisotopic (exact) mass is 239 g/mol. The normalized spacial score (nSPS) is 12.6. The zero-order chi connectivity index (χ0) is 12.8. The van der Waals surface area contributed by atoms with Crippen LogP contribution in [0.15, 0.2) is 18.2 Å². The number of methoxy groups -OCH3 is 2. The summed E-state index contributed by atoms with van der Waals surface area (Å²) in [6.45, 7) is 4.58. The van der Waals surface area contributed by atoms with Gasteiger partial charge in [0.2, 0.25) is 0 Å². The molecule has 0 fully saturated rings. The van der Waals surface area contributed by atoms with E-state index in [0.717, 1.165) is 11.3 Å². The van der Waals surface area contributed by atoms with E-state index >= 15 is 0 Å². The minimum Gasteiger partial charge on any atom is -0.497 e. The molecular formula is C13H21NO3. The maximum Gasteiger partial charge on any atom is 0.128 e. The van der Waals surface area contributed by atoms with E-state index in [2.05, 4.69) is 5.32 Å². The third-order valence-corrected chi connectivity index (χ3v) is 2.52. The summed E-state index contributed by atoms with van der Waals surface area (Å²) in [5, 5.41) is 13.2. The Kier molecular flexibility index (Phi) is 5.25. The Bertz CT molecular complexity index is 353. The van der Waals surface area contributed by atoms with E-state index in [1.165, 1.54) is 0 Å². The largest absolute Gasteiger partial charge is 0.497 e. The lowest BCUT2D eigenvalue weighted by molar-refractivity contribution is 0.167. The van der Waals surface area contributed by atoms with E-state index in [9.17, 15) is 5.11 Å². The highest BCUT2D eigenvalue weighted by molar-refractivity contribution is 5.42. The topological polar surface area (TPSA) is 50.7 Å². The molecule has 0 amide bonds. The minimum absolute atomic E-state index is 0.342. The van der Waals surface area contributed by atoms with Gasteiger partial charge in [-0.1, -0.05) is 13.8 Å². The Morgan fingerprint density at radius 3 is 2.47 bits per heavy atom. The molecule has 1 aromatic carbocycles. The standard InChI is InChI=1S/C13H21NO3/c1-9(2)14-8-12(15)11-6-5-10(16-3)7-13(11)17-4/h5-7,9,12,14-15H,8H2,1-4H3. The number of hydrogen-bond acceptors (Lipinski definition) is 4. The van der Waals surface area contributed by atoms with Crippen molar-refractivity contribution in [3.8, 4) is 11.5 Å². The van der Waals surface area contributed by atoms with Crippen molar-refractivity contribution in [1.29, 1.82) is 0 Å². The summed E-state index contributed by atoms with van der Waals surface area (Å²) in [4.78, 5) is 0. The molecule has 1 aromatic rings. The van der Waals surface area contributed by atoms with E-state index in [1.807, 2.05) is 26.0 Å². The fourth-order valence-corrected chi connectivity index (χ4v) is 1.55. The highest BCUT2D eigenvalue weighted by Gasteiger charge is 2.14. The molecule has 1 unspecified atom stereocenters. The predicted molar refractivity (Wildman–Crippen MR) is 67.6 cm³/mol. The van der Waals surface area contributed by atoms with Crippen molar-refractivity contribution in [3.63, 3.8) is 0 Å². The first-order valence-corrected chi connectivity index (χ1v) is 5.71. The van der Waals surface area contributed by atoms with Crippen molar-refractivity contribution in [3.05, 3.63) is 23.8 Å². The van der Waals surface area contributed by atoms with Gasteiger partial charge in [-0.3, -0.25) is 0 Å². The average Bonchev–Trinajstić information content (AvgIpc) is 2.34. The molecule has 0 bridgehead atoms. The molecule has 1 rings (SSSR count). The lowest BCUT2D eigenvalue weighted by Gasteiger charge is -2.17. The van der Waals surface area contributed by atoms with Crippen molar-refractivity contribution in [2.45, 2.75) is 26.0 Å². The Morgan fingerprint density at radius 2 is 1.94 bits per heavy atom. The molecule has 0 aliphatic rings. The van der Waals surface area contributed by atoms with E-state index in [0.29, 0.717) is 18.3 Å². The summed E-state index contributed by atoms with van der Waals surface area (Å²) in [6.07, 6.45) is -0.585. The smallest absolute Gasteiger partial charge is 0.128 e. The second-order valence-corrected chi connectivity index (χ2v) is 4.19. The fraction of sp³-hybridized carbons (Fsp3) is 0.538. The van der Waals surface area contributed by atoms with Crippen LogP contribution in [0, 0.1) is 0 Å². The summed E-state index contributed by atoms with van der Waals surface area (Å²) < 4.78 is 10.4. The highest BCUT2D eigenvalue weighted by Crippen LogP contribution is 2.29. The lowest BCUT2D eigenvalue weighted by atomic mass is 10.1. The predicted octanol–water partition coefficient (Wildman–Crippen LogP) is 1.74. The van der Waals surface area contributed by atoms with Crippen LogP contribution in [0.5, 0.6) is 11.5 Å². The molecule has 0 saturated carbocycles.